The molecule has 5 aromatic rings. The van der Waals surface area contributed by atoms with Crippen molar-refractivity contribution in [2.24, 2.45) is 0 Å². The number of hydrogen-bond acceptors (Lipinski definition) is 3. The molecule has 5 heteroatoms. The van der Waals surface area contributed by atoms with Gasteiger partial charge in [-0.05, 0) is 49.8 Å². The Morgan fingerprint density at radius 2 is 1.66 bits per heavy atom. The van der Waals surface area contributed by atoms with Gasteiger partial charge in [-0.2, -0.15) is 0 Å². The molecule has 3 heterocycles. The van der Waals surface area contributed by atoms with E-state index in [4.69, 9.17) is 14.3 Å². The zero-order chi connectivity index (χ0) is 19.8. The van der Waals surface area contributed by atoms with Crippen molar-refractivity contribution in [2.75, 3.05) is 0 Å². The van der Waals surface area contributed by atoms with E-state index in [1.165, 1.54) is 10.8 Å². The molecule has 1 atom stereocenters. The van der Waals surface area contributed by atoms with Crippen LogP contribution in [0.1, 0.15) is 20.8 Å². The van der Waals surface area contributed by atoms with Crippen LogP contribution in [0.25, 0.3) is 38.4 Å². The van der Waals surface area contributed by atoms with E-state index in [0.717, 1.165) is 33.0 Å². The molecule has 0 bridgehead atoms. The van der Waals surface area contributed by atoms with Crippen LogP contribution >= 0.6 is 0 Å². The first kappa shape index (κ1) is 17.0. The summed E-state index contributed by atoms with van der Waals surface area (Å²) in [6.07, 6.45) is 0.0417. The fourth-order valence-corrected chi connectivity index (χ4v) is 4.37. The Morgan fingerprint density at radius 1 is 0.897 bits per heavy atom. The third-order valence-electron chi connectivity index (χ3n) is 6.27. The van der Waals surface area contributed by atoms with Crippen LogP contribution in [0, 0.1) is 0 Å². The maximum atomic E-state index is 6.20. The minimum atomic E-state index is -0.349. The lowest BCUT2D eigenvalue weighted by molar-refractivity contribution is 0.0842. The van der Waals surface area contributed by atoms with Crippen molar-refractivity contribution in [3.8, 4) is 0 Å². The summed E-state index contributed by atoms with van der Waals surface area (Å²) in [5.41, 5.74) is 5.01. The van der Waals surface area contributed by atoms with Crippen LogP contribution in [0.4, 0.5) is 0 Å². The van der Waals surface area contributed by atoms with Gasteiger partial charge in [0.15, 0.2) is 0 Å². The number of nitrogens with zero attached hydrogens (tertiary/aromatic N) is 2. The van der Waals surface area contributed by atoms with Crippen molar-refractivity contribution in [1.29, 1.82) is 0 Å². The van der Waals surface area contributed by atoms with E-state index in [1.807, 2.05) is 6.07 Å². The van der Waals surface area contributed by atoms with Crippen molar-refractivity contribution in [2.45, 2.75) is 32.5 Å². The average molecular weight is 380 g/mol. The fraction of sp³-hybridized carbons (Fsp3) is 0.208. The number of fused-ring (bicyclic) bond motifs is 8. The van der Waals surface area contributed by atoms with Crippen molar-refractivity contribution >= 4 is 50.9 Å². The number of benzene rings is 3. The van der Waals surface area contributed by atoms with Crippen molar-refractivity contribution < 1.29 is 9.31 Å². The van der Waals surface area contributed by atoms with Crippen molar-refractivity contribution in [1.82, 2.24) is 9.38 Å². The molecule has 1 aliphatic rings. The maximum absolute atomic E-state index is 6.20. The molecule has 6 rings (SSSR count). The van der Waals surface area contributed by atoms with Gasteiger partial charge in [0.05, 0.1) is 28.3 Å². The SMILES string of the molecule is CC1OB(c2ccc3c(c2)c2ccccc2n2c4ccccc4nc32)OC1(C)C. The smallest absolute Gasteiger partial charge is 0.402 e. The molecule has 0 saturated carbocycles. The van der Waals surface area contributed by atoms with E-state index in [0.29, 0.717) is 0 Å². The third-order valence-corrected chi connectivity index (χ3v) is 6.27. The highest BCUT2D eigenvalue weighted by molar-refractivity contribution is 6.62. The second kappa shape index (κ2) is 5.82. The number of hydrogen-bond donors (Lipinski definition) is 0. The summed E-state index contributed by atoms with van der Waals surface area (Å²) in [5, 5.41) is 3.50. The van der Waals surface area contributed by atoms with Gasteiger partial charge in [-0.1, -0.05) is 48.5 Å². The second-order valence-electron chi connectivity index (χ2n) is 8.41. The first-order valence-corrected chi connectivity index (χ1v) is 10.1. The first-order chi connectivity index (χ1) is 14.0. The van der Waals surface area contributed by atoms with E-state index in [9.17, 15) is 0 Å². The van der Waals surface area contributed by atoms with Gasteiger partial charge < -0.3 is 9.31 Å². The topological polar surface area (TPSA) is 35.8 Å². The average Bonchev–Trinajstić information content (AvgIpc) is 3.25. The fourth-order valence-electron chi connectivity index (χ4n) is 4.37. The Bertz CT molecular complexity index is 1420. The first-order valence-electron chi connectivity index (χ1n) is 10.1. The summed E-state index contributed by atoms with van der Waals surface area (Å²) in [6.45, 7) is 6.22. The summed E-state index contributed by atoms with van der Waals surface area (Å²) in [7, 11) is -0.349. The Hall–Kier alpha value is -2.89. The molecule has 29 heavy (non-hydrogen) atoms. The van der Waals surface area contributed by atoms with Crippen LogP contribution in [-0.4, -0.2) is 28.2 Å². The monoisotopic (exact) mass is 380 g/mol. The summed E-state index contributed by atoms with van der Waals surface area (Å²) in [4.78, 5) is 4.96. The second-order valence-corrected chi connectivity index (χ2v) is 8.41. The van der Waals surface area contributed by atoms with Gasteiger partial charge in [-0.15, -0.1) is 0 Å². The molecule has 0 spiro atoms. The number of pyridine rings is 1. The number of imidazole rings is 1. The van der Waals surface area contributed by atoms with Gasteiger partial charge in [-0.25, -0.2) is 4.98 Å². The lowest BCUT2D eigenvalue weighted by Gasteiger charge is -2.21. The molecule has 2 aromatic heterocycles. The molecule has 1 unspecified atom stereocenters. The van der Waals surface area contributed by atoms with E-state index in [-0.39, 0.29) is 18.8 Å². The largest absolute Gasteiger partial charge is 0.494 e. The van der Waals surface area contributed by atoms with Crippen molar-refractivity contribution in [3.63, 3.8) is 0 Å². The molecule has 1 saturated heterocycles. The van der Waals surface area contributed by atoms with Crippen LogP contribution in [0.2, 0.25) is 0 Å². The summed E-state index contributed by atoms with van der Waals surface area (Å²) in [5.74, 6) is 0. The summed E-state index contributed by atoms with van der Waals surface area (Å²) < 4.78 is 14.6. The minimum absolute atomic E-state index is 0.0417. The Labute approximate surface area is 169 Å². The zero-order valence-corrected chi connectivity index (χ0v) is 16.7. The number of para-hydroxylation sites is 3. The number of rotatable bonds is 1. The molecule has 0 radical (unpaired) electrons. The molecule has 142 valence electrons. The van der Waals surface area contributed by atoms with Crippen LogP contribution in [0.15, 0.2) is 66.7 Å². The molecule has 3 aromatic carbocycles. The molecule has 1 fully saturated rings. The molecular formula is C24H21BN2O2. The van der Waals surface area contributed by atoms with Crippen LogP contribution in [0.3, 0.4) is 0 Å². The third kappa shape index (κ3) is 2.38. The lowest BCUT2D eigenvalue weighted by Crippen LogP contribution is -2.34. The predicted octanol–water partition coefficient (Wildman–Crippen LogP) is 4.70. The van der Waals surface area contributed by atoms with Crippen LogP contribution in [-0.2, 0) is 9.31 Å². The highest BCUT2D eigenvalue weighted by Crippen LogP contribution is 2.33. The highest BCUT2D eigenvalue weighted by Gasteiger charge is 2.43. The molecule has 0 amide bonds. The van der Waals surface area contributed by atoms with E-state index in [1.54, 1.807) is 0 Å². The van der Waals surface area contributed by atoms with Gasteiger partial charge in [0.1, 0.15) is 5.65 Å². The molecule has 0 aliphatic carbocycles. The van der Waals surface area contributed by atoms with E-state index >= 15 is 0 Å². The van der Waals surface area contributed by atoms with E-state index in [2.05, 4.69) is 85.8 Å². The van der Waals surface area contributed by atoms with Crippen LogP contribution in [0.5, 0.6) is 0 Å². The predicted molar refractivity (Wildman–Crippen MR) is 119 cm³/mol. The maximum Gasteiger partial charge on any atom is 0.494 e. The normalized spacial score (nSPS) is 19.1. The van der Waals surface area contributed by atoms with Gasteiger partial charge in [0, 0.05) is 10.8 Å². The highest BCUT2D eigenvalue weighted by atomic mass is 16.7. The zero-order valence-electron chi connectivity index (χ0n) is 16.7. The standard InChI is InChI=1S/C24H21BN2O2/c1-15-24(2,3)29-25(28-15)16-12-13-18-19(14-16)17-8-4-6-10-21(17)27-22-11-7-5-9-20(22)26-23(18)27/h4-15H,1-3H3. The summed E-state index contributed by atoms with van der Waals surface area (Å²) in [6, 6.07) is 23.3. The van der Waals surface area contributed by atoms with Gasteiger partial charge in [0.2, 0.25) is 0 Å². The Kier molecular flexibility index (Phi) is 3.41. The minimum Gasteiger partial charge on any atom is -0.402 e. The molecule has 4 nitrogen and oxygen atoms in total. The molecular weight excluding hydrogens is 359 g/mol. The number of aromatic nitrogens is 2. The Balaban J connectivity index is 1.68. The lowest BCUT2D eigenvalue weighted by atomic mass is 9.78. The van der Waals surface area contributed by atoms with Gasteiger partial charge >= 0.3 is 7.12 Å². The quantitative estimate of drug-likeness (QED) is 0.312. The molecule has 1 aliphatic heterocycles. The molecule has 0 N–H and O–H groups in total. The van der Waals surface area contributed by atoms with Gasteiger partial charge in [-0.3, -0.25) is 4.40 Å². The Morgan fingerprint density at radius 3 is 2.45 bits per heavy atom. The van der Waals surface area contributed by atoms with E-state index < -0.39 is 0 Å². The van der Waals surface area contributed by atoms with Crippen molar-refractivity contribution in [3.05, 3.63) is 66.7 Å². The van der Waals surface area contributed by atoms with Gasteiger partial charge in [0.25, 0.3) is 0 Å². The summed E-state index contributed by atoms with van der Waals surface area (Å²) >= 11 is 0. The van der Waals surface area contributed by atoms with Crippen LogP contribution < -0.4 is 5.46 Å².